The van der Waals surface area contributed by atoms with Crippen LogP contribution in [0, 0.1) is 13.8 Å². The third-order valence-electron chi connectivity index (χ3n) is 4.19. The van der Waals surface area contributed by atoms with Crippen molar-refractivity contribution in [3.63, 3.8) is 0 Å². The van der Waals surface area contributed by atoms with Gasteiger partial charge in [-0.3, -0.25) is 0 Å². The Morgan fingerprint density at radius 1 is 1.23 bits per heavy atom. The molecule has 6 heteroatoms. The van der Waals surface area contributed by atoms with Gasteiger partial charge in [-0.25, -0.2) is 4.98 Å². The SMILES string of the molecule is CNc1nc(N[C@H]2CCCN(C)C2)nc2nc(C)cc(C)c12. The summed E-state index contributed by atoms with van der Waals surface area (Å²) in [4.78, 5) is 16.2. The fraction of sp³-hybridized carbons (Fsp3) is 0.562. The zero-order valence-corrected chi connectivity index (χ0v) is 13.8. The van der Waals surface area contributed by atoms with Crippen LogP contribution in [-0.4, -0.2) is 53.1 Å². The van der Waals surface area contributed by atoms with Crippen LogP contribution >= 0.6 is 0 Å². The quantitative estimate of drug-likeness (QED) is 0.906. The molecule has 22 heavy (non-hydrogen) atoms. The van der Waals surface area contributed by atoms with Crippen molar-refractivity contribution < 1.29 is 0 Å². The van der Waals surface area contributed by atoms with Crippen LogP contribution in [0.5, 0.6) is 0 Å². The first-order valence-corrected chi connectivity index (χ1v) is 7.85. The second-order valence-corrected chi connectivity index (χ2v) is 6.17. The van der Waals surface area contributed by atoms with Gasteiger partial charge in [0.05, 0.1) is 5.39 Å². The third kappa shape index (κ3) is 2.97. The van der Waals surface area contributed by atoms with Crippen molar-refractivity contribution in [2.75, 3.05) is 37.8 Å². The highest BCUT2D eigenvalue weighted by Crippen LogP contribution is 2.25. The summed E-state index contributed by atoms with van der Waals surface area (Å²) >= 11 is 0. The molecule has 1 saturated heterocycles. The molecule has 1 aliphatic rings. The molecule has 2 N–H and O–H groups in total. The molecule has 1 atom stereocenters. The van der Waals surface area contributed by atoms with Crippen LogP contribution in [-0.2, 0) is 0 Å². The summed E-state index contributed by atoms with van der Waals surface area (Å²) in [5.74, 6) is 1.50. The number of piperidine rings is 1. The summed E-state index contributed by atoms with van der Waals surface area (Å²) in [5, 5.41) is 7.65. The predicted molar refractivity (Wildman–Crippen MR) is 90.5 cm³/mol. The minimum absolute atomic E-state index is 0.395. The Kier molecular flexibility index (Phi) is 4.11. The van der Waals surface area contributed by atoms with E-state index >= 15 is 0 Å². The van der Waals surface area contributed by atoms with Gasteiger partial charge in [0.15, 0.2) is 5.65 Å². The van der Waals surface area contributed by atoms with Crippen LogP contribution in [0.25, 0.3) is 11.0 Å². The second kappa shape index (κ2) is 6.04. The number of aryl methyl sites for hydroxylation is 2. The number of likely N-dealkylation sites (tertiary alicyclic amines) is 1. The number of pyridine rings is 1. The van der Waals surface area contributed by atoms with Crippen molar-refractivity contribution in [1.82, 2.24) is 19.9 Å². The first-order valence-electron chi connectivity index (χ1n) is 7.85. The number of hydrogen-bond donors (Lipinski definition) is 2. The molecule has 0 saturated carbocycles. The number of aromatic nitrogens is 3. The van der Waals surface area contributed by atoms with Gasteiger partial charge in [0.2, 0.25) is 5.95 Å². The molecule has 0 aliphatic carbocycles. The van der Waals surface area contributed by atoms with E-state index < -0.39 is 0 Å². The third-order valence-corrected chi connectivity index (χ3v) is 4.19. The van der Waals surface area contributed by atoms with E-state index in [1.54, 1.807) is 0 Å². The van der Waals surface area contributed by atoms with E-state index in [2.05, 4.69) is 50.5 Å². The highest BCUT2D eigenvalue weighted by molar-refractivity contribution is 5.90. The highest BCUT2D eigenvalue weighted by Gasteiger charge is 2.19. The summed E-state index contributed by atoms with van der Waals surface area (Å²) in [5.41, 5.74) is 2.88. The lowest BCUT2D eigenvalue weighted by atomic mass is 10.1. The normalized spacial score (nSPS) is 19.4. The monoisotopic (exact) mass is 300 g/mol. The van der Waals surface area contributed by atoms with Crippen molar-refractivity contribution in [2.45, 2.75) is 32.7 Å². The van der Waals surface area contributed by atoms with E-state index in [-0.39, 0.29) is 0 Å². The van der Waals surface area contributed by atoms with Crippen LogP contribution in [0.1, 0.15) is 24.1 Å². The standard InChI is InChI=1S/C16H24N6/c1-10-8-11(2)18-15-13(10)14(17-3)20-16(21-15)19-12-6-5-7-22(4)9-12/h8,12H,5-7,9H2,1-4H3,(H2,17,18,19,20,21)/t12-/m0/s1. The number of nitrogens with one attached hydrogen (secondary N) is 2. The van der Waals surface area contributed by atoms with E-state index in [1.165, 1.54) is 13.0 Å². The van der Waals surface area contributed by atoms with E-state index in [9.17, 15) is 0 Å². The molecule has 0 amide bonds. The molecule has 3 rings (SSSR count). The number of fused-ring (bicyclic) bond motifs is 1. The number of nitrogens with zero attached hydrogens (tertiary/aromatic N) is 4. The van der Waals surface area contributed by atoms with Gasteiger partial charge in [-0.2, -0.15) is 9.97 Å². The van der Waals surface area contributed by atoms with Crippen molar-refractivity contribution in [2.24, 2.45) is 0 Å². The highest BCUT2D eigenvalue weighted by atomic mass is 15.2. The summed E-state index contributed by atoms with van der Waals surface area (Å²) < 4.78 is 0. The minimum atomic E-state index is 0.395. The van der Waals surface area contributed by atoms with Gasteiger partial charge in [0.1, 0.15) is 5.82 Å². The fourth-order valence-corrected chi connectivity index (χ4v) is 3.19. The molecule has 3 heterocycles. The zero-order valence-electron chi connectivity index (χ0n) is 13.8. The van der Waals surface area contributed by atoms with Gasteiger partial charge in [-0.05, 0) is 51.9 Å². The Balaban J connectivity index is 1.96. The van der Waals surface area contributed by atoms with Gasteiger partial charge < -0.3 is 15.5 Å². The second-order valence-electron chi connectivity index (χ2n) is 6.17. The number of likely N-dealkylation sites (N-methyl/N-ethyl adjacent to an activating group) is 1. The smallest absolute Gasteiger partial charge is 0.226 e. The summed E-state index contributed by atoms with van der Waals surface area (Å²) in [6.45, 7) is 6.26. The van der Waals surface area contributed by atoms with Crippen LogP contribution in [0.2, 0.25) is 0 Å². The van der Waals surface area contributed by atoms with Gasteiger partial charge in [0.25, 0.3) is 0 Å². The Bertz CT molecular complexity index is 684. The fourth-order valence-electron chi connectivity index (χ4n) is 3.19. The lowest BCUT2D eigenvalue weighted by molar-refractivity contribution is 0.260. The number of rotatable bonds is 3. The largest absolute Gasteiger partial charge is 0.372 e. The van der Waals surface area contributed by atoms with Crippen LogP contribution < -0.4 is 10.6 Å². The average Bonchev–Trinajstić information content (AvgIpc) is 2.45. The molecule has 0 unspecified atom stereocenters. The predicted octanol–water partition coefficient (Wildman–Crippen LogP) is 2.19. The van der Waals surface area contributed by atoms with Crippen molar-refractivity contribution >= 4 is 22.8 Å². The van der Waals surface area contributed by atoms with Crippen LogP contribution in [0.4, 0.5) is 11.8 Å². The average molecular weight is 300 g/mol. The van der Waals surface area contributed by atoms with Crippen molar-refractivity contribution in [1.29, 1.82) is 0 Å². The molecule has 2 aromatic rings. The lowest BCUT2D eigenvalue weighted by Gasteiger charge is -2.30. The maximum absolute atomic E-state index is 4.64. The Morgan fingerprint density at radius 2 is 2.05 bits per heavy atom. The molecule has 1 fully saturated rings. The summed E-state index contributed by atoms with van der Waals surface area (Å²) in [6, 6.07) is 2.46. The van der Waals surface area contributed by atoms with E-state index in [1.807, 2.05) is 14.0 Å². The first-order chi connectivity index (χ1) is 10.6. The summed E-state index contributed by atoms with van der Waals surface area (Å²) in [7, 11) is 4.04. The van der Waals surface area contributed by atoms with Gasteiger partial charge in [-0.1, -0.05) is 0 Å². The molecule has 118 valence electrons. The molecule has 0 aromatic carbocycles. The first kappa shape index (κ1) is 15.0. The van der Waals surface area contributed by atoms with Gasteiger partial charge >= 0.3 is 0 Å². The van der Waals surface area contributed by atoms with Gasteiger partial charge in [0, 0.05) is 25.3 Å². The molecule has 1 aliphatic heterocycles. The molecule has 2 aromatic heterocycles. The number of anilines is 2. The van der Waals surface area contributed by atoms with Crippen LogP contribution in [0.15, 0.2) is 6.07 Å². The Labute approximate surface area is 131 Å². The maximum atomic E-state index is 4.64. The molecular formula is C16H24N6. The minimum Gasteiger partial charge on any atom is -0.372 e. The van der Waals surface area contributed by atoms with Crippen molar-refractivity contribution in [3.8, 4) is 0 Å². The summed E-state index contributed by atoms with van der Waals surface area (Å²) in [6.07, 6.45) is 2.36. The number of hydrogen-bond acceptors (Lipinski definition) is 6. The Morgan fingerprint density at radius 3 is 2.77 bits per heavy atom. The molecule has 0 spiro atoms. The topological polar surface area (TPSA) is 66.0 Å². The van der Waals surface area contributed by atoms with E-state index in [4.69, 9.17) is 0 Å². The van der Waals surface area contributed by atoms with Crippen LogP contribution in [0.3, 0.4) is 0 Å². The molecule has 0 radical (unpaired) electrons. The Hall–Kier alpha value is -1.95. The van der Waals surface area contributed by atoms with Gasteiger partial charge in [-0.15, -0.1) is 0 Å². The van der Waals surface area contributed by atoms with Crippen molar-refractivity contribution in [3.05, 3.63) is 17.3 Å². The molecule has 0 bridgehead atoms. The van der Waals surface area contributed by atoms with E-state index in [0.29, 0.717) is 12.0 Å². The maximum Gasteiger partial charge on any atom is 0.226 e. The zero-order chi connectivity index (χ0) is 15.7. The van der Waals surface area contributed by atoms with E-state index in [0.717, 1.165) is 41.1 Å². The molecule has 6 nitrogen and oxygen atoms in total. The lowest BCUT2D eigenvalue weighted by Crippen LogP contribution is -2.40. The molecular weight excluding hydrogens is 276 g/mol.